The van der Waals surface area contributed by atoms with Crippen LogP contribution in [-0.2, 0) is 10.1 Å². The number of nitrogens with two attached hydrogens (primary N) is 1. The predicted octanol–water partition coefficient (Wildman–Crippen LogP) is 1.60. The Bertz CT molecular complexity index is 920. The monoisotopic (exact) mass is 381 g/mol. The van der Waals surface area contributed by atoms with E-state index in [1.54, 1.807) is 18.2 Å². The zero-order valence-corrected chi connectivity index (χ0v) is 14.3. The molecule has 4 N–H and O–H groups in total. The van der Waals surface area contributed by atoms with E-state index in [4.69, 9.17) is 20.4 Å². The van der Waals surface area contributed by atoms with Crippen LogP contribution >= 0.6 is 0 Å². The van der Waals surface area contributed by atoms with Crippen LogP contribution in [-0.4, -0.2) is 36.0 Å². The Balaban J connectivity index is 0.000000597. The highest BCUT2D eigenvalue weighted by Crippen LogP contribution is 2.28. The number of hydrogen-bond donors (Lipinski definition) is 3. The van der Waals surface area contributed by atoms with Crippen molar-refractivity contribution in [2.75, 3.05) is 6.26 Å². The molecule has 0 spiro atoms. The number of hydrogen-bond acceptors (Lipinski definition) is 7. The molecule has 0 bridgehead atoms. The van der Waals surface area contributed by atoms with Crippen LogP contribution < -0.4 is 10.5 Å². The number of nitro groups is 1. The van der Waals surface area contributed by atoms with E-state index in [0.29, 0.717) is 6.26 Å². The lowest BCUT2D eigenvalue weighted by molar-refractivity contribution is -0.385. The van der Waals surface area contributed by atoms with Crippen molar-refractivity contribution in [2.45, 2.75) is 0 Å². The summed E-state index contributed by atoms with van der Waals surface area (Å²) in [6.45, 7) is 0. The summed E-state index contributed by atoms with van der Waals surface area (Å²) in [5.74, 6) is -1.20. The SMILES string of the molecule is CS(=O)(=O)O.N=C(N)c1ccc(OC(=O)c2ccccc2)c([N+](=O)[O-])c1. The molecule has 11 heteroatoms. The summed E-state index contributed by atoms with van der Waals surface area (Å²) in [6, 6.07) is 11.8. The summed E-state index contributed by atoms with van der Waals surface area (Å²) in [4.78, 5) is 22.2. The molecule has 0 aliphatic heterocycles. The molecule has 0 aliphatic rings. The van der Waals surface area contributed by atoms with Crippen LogP contribution in [0.2, 0.25) is 0 Å². The third kappa shape index (κ3) is 7.07. The molecule has 0 saturated carbocycles. The Morgan fingerprint density at radius 3 is 2.19 bits per heavy atom. The van der Waals surface area contributed by atoms with Gasteiger partial charge in [0.1, 0.15) is 5.84 Å². The normalized spacial score (nSPS) is 10.2. The summed E-state index contributed by atoms with van der Waals surface area (Å²) in [5.41, 5.74) is 5.32. The van der Waals surface area contributed by atoms with Gasteiger partial charge in [-0.3, -0.25) is 20.1 Å². The van der Waals surface area contributed by atoms with Crippen molar-refractivity contribution in [1.82, 2.24) is 0 Å². The topological polar surface area (TPSA) is 174 Å². The minimum Gasteiger partial charge on any atom is -0.416 e. The van der Waals surface area contributed by atoms with Crippen LogP contribution in [0, 0.1) is 15.5 Å². The smallest absolute Gasteiger partial charge is 0.343 e. The van der Waals surface area contributed by atoms with E-state index in [2.05, 4.69) is 0 Å². The highest BCUT2D eigenvalue weighted by Gasteiger charge is 2.20. The number of rotatable bonds is 4. The van der Waals surface area contributed by atoms with Crippen molar-refractivity contribution in [2.24, 2.45) is 5.73 Å². The van der Waals surface area contributed by atoms with Crippen molar-refractivity contribution < 1.29 is 27.4 Å². The van der Waals surface area contributed by atoms with Crippen LogP contribution in [0.3, 0.4) is 0 Å². The number of nitrogens with one attached hydrogen (secondary N) is 1. The van der Waals surface area contributed by atoms with Gasteiger partial charge in [-0.2, -0.15) is 8.42 Å². The maximum Gasteiger partial charge on any atom is 0.343 e. The molecule has 0 radical (unpaired) electrons. The van der Waals surface area contributed by atoms with Crippen molar-refractivity contribution >= 4 is 27.6 Å². The average molecular weight is 381 g/mol. The highest BCUT2D eigenvalue weighted by molar-refractivity contribution is 7.85. The van der Waals surface area contributed by atoms with Gasteiger partial charge in [-0.1, -0.05) is 18.2 Å². The van der Waals surface area contributed by atoms with E-state index in [1.807, 2.05) is 0 Å². The van der Waals surface area contributed by atoms with Crippen molar-refractivity contribution in [3.05, 3.63) is 69.8 Å². The molecule has 0 aliphatic carbocycles. The van der Waals surface area contributed by atoms with Gasteiger partial charge in [0, 0.05) is 11.6 Å². The first-order chi connectivity index (χ1) is 12.0. The van der Waals surface area contributed by atoms with Gasteiger partial charge in [-0.15, -0.1) is 0 Å². The van der Waals surface area contributed by atoms with Crippen molar-refractivity contribution in [3.8, 4) is 5.75 Å². The lowest BCUT2D eigenvalue weighted by atomic mass is 10.1. The maximum atomic E-state index is 11.9. The average Bonchev–Trinajstić information content (AvgIpc) is 2.54. The first-order valence-electron chi connectivity index (χ1n) is 6.81. The molecule has 0 saturated heterocycles. The number of nitrogen functional groups attached to an aromatic ring is 1. The minimum absolute atomic E-state index is 0.182. The van der Waals surface area contributed by atoms with Gasteiger partial charge in [0.05, 0.1) is 16.7 Å². The Labute approximate surface area is 148 Å². The Hall–Kier alpha value is -3.31. The molecule has 138 valence electrons. The van der Waals surface area contributed by atoms with Crippen molar-refractivity contribution in [3.63, 3.8) is 0 Å². The Morgan fingerprint density at radius 1 is 1.19 bits per heavy atom. The second kappa shape index (κ2) is 8.69. The van der Waals surface area contributed by atoms with Gasteiger partial charge >= 0.3 is 11.7 Å². The molecule has 0 fully saturated rings. The number of esters is 1. The maximum absolute atomic E-state index is 11.9. The van der Waals surface area contributed by atoms with Gasteiger partial charge in [0.25, 0.3) is 10.1 Å². The first-order valence-corrected chi connectivity index (χ1v) is 8.66. The fraction of sp³-hybridized carbons (Fsp3) is 0.0667. The quantitative estimate of drug-likeness (QED) is 0.136. The minimum atomic E-state index is -3.67. The molecular weight excluding hydrogens is 366 g/mol. The zero-order chi connectivity index (χ0) is 19.9. The number of amidine groups is 1. The zero-order valence-electron chi connectivity index (χ0n) is 13.4. The number of benzene rings is 2. The summed E-state index contributed by atoms with van der Waals surface area (Å²) >= 11 is 0. The Morgan fingerprint density at radius 2 is 1.73 bits per heavy atom. The first kappa shape index (κ1) is 20.7. The molecule has 0 unspecified atom stereocenters. The molecule has 0 atom stereocenters. The van der Waals surface area contributed by atoms with E-state index in [-0.39, 0.29) is 22.7 Å². The number of nitro benzene ring substituents is 1. The molecule has 26 heavy (non-hydrogen) atoms. The highest BCUT2D eigenvalue weighted by atomic mass is 32.2. The second-order valence-corrected chi connectivity index (χ2v) is 6.31. The number of nitrogens with zero attached hydrogens (tertiary/aromatic N) is 1. The molecule has 0 amide bonds. The summed E-state index contributed by atoms with van der Waals surface area (Å²) in [6.07, 6.45) is 0.715. The third-order valence-corrected chi connectivity index (χ3v) is 2.68. The van der Waals surface area contributed by atoms with Crippen LogP contribution in [0.15, 0.2) is 48.5 Å². The van der Waals surface area contributed by atoms with E-state index in [1.165, 1.54) is 24.3 Å². The summed E-state index contributed by atoms with van der Waals surface area (Å²) in [5, 5.41) is 18.3. The largest absolute Gasteiger partial charge is 0.416 e. The number of carbonyl (C=O) groups is 1. The van der Waals surface area contributed by atoms with E-state index >= 15 is 0 Å². The van der Waals surface area contributed by atoms with Crippen LogP contribution in [0.1, 0.15) is 15.9 Å². The summed E-state index contributed by atoms with van der Waals surface area (Å²) < 4.78 is 30.9. The lowest BCUT2D eigenvalue weighted by Gasteiger charge is -2.06. The van der Waals surface area contributed by atoms with Gasteiger partial charge in [0.2, 0.25) is 5.75 Å². The van der Waals surface area contributed by atoms with Gasteiger partial charge in [-0.25, -0.2) is 4.79 Å². The summed E-state index contributed by atoms with van der Waals surface area (Å²) in [7, 11) is -3.67. The molecule has 2 rings (SSSR count). The molecule has 0 heterocycles. The number of ether oxygens (including phenoxy) is 1. The molecule has 0 aromatic heterocycles. The molecule has 2 aromatic carbocycles. The van der Waals surface area contributed by atoms with Gasteiger partial charge < -0.3 is 10.5 Å². The number of carbonyl (C=O) groups excluding carboxylic acids is 1. The van der Waals surface area contributed by atoms with Gasteiger partial charge in [0.15, 0.2) is 0 Å². The fourth-order valence-corrected chi connectivity index (χ4v) is 1.65. The van der Waals surface area contributed by atoms with Crippen LogP contribution in [0.5, 0.6) is 5.75 Å². The molecule has 10 nitrogen and oxygen atoms in total. The molecule has 2 aromatic rings. The fourth-order valence-electron chi connectivity index (χ4n) is 1.65. The Kier molecular flexibility index (Phi) is 6.93. The predicted molar refractivity (Wildman–Crippen MR) is 93.0 cm³/mol. The third-order valence-electron chi connectivity index (χ3n) is 2.68. The van der Waals surface area contributed by atoms with E-state index < -0.39 is 26.7 Å². The second-order valence-electron chi connectivity index (χ2n) is 4.84. The van der Waals surface area contributed by atoms with Crippen LogP contribution in [0.25, 0.3) is 0 Å². The van der Waals surface area contributed by atoms with E-state index in [0.717, 1.165) is 6.07 Å². The lowest BCUT2D eigenvalue weighted by Crippen LogP contribution is -2.13. The van der Waals surface area contributed by atoms with Gasteiger partial charge in [-0.05, 0) is 24.3 Å². The molecular formula is C15H15N3O7S. The van der Waals surface area contributed by atoms with Crippen molar-refractivity contribution in [1.29, 1.82) is 5.41 Å². The van der Waals surface area contributed by atoms with E-state index in [9.17, 15) is 23.3 Å². The van der Waals surface area contributed by atoms with Crippen LogP contribution in [0.4, 0.5) is 5.69 Å². The standard InChI is InChI=1S/C14H11N3O4.CH4O3S/c15-13(16)10-6-7-12(11(8-10)17(19)20)21-14(18)9-4-2-1-3-5-9;1-5(2,3)4/h1-8H,(H3,15,16);1H3,(H,2,3,4).